The number of rotatable bonds is 4. The second kappa shape index (κ2) is 5.25. The van der Waals surface area contributed by atoms with E-state index in [1.165, 1.54) is 24.0 Å². The fourth-order valence-electron chi connectivity index (χ4n) is 1.40. The molecule has 0 saturated carbocycles. The minimum atomic E-state index is 0.583. The van der Waals surface area contributed by atoms with Gasteiger partial charge in [0.15, 0.2) is 0 Å². The zero-order valence-electron chi connectivity index (χ0n) is 8.02. The largest absolute Gasteiger partial charge is 0.326 e. The lowest BCUT2D eigenvalue weighted by atomic mass is 10.0. The molecule has 0 spiro atoms. The molecule has 0 aliphatic heterocycles. The molecule has 0 fully saturated rings. The third kappa shape index (κ3) is 3.02. The van der Waals surface area contributed by atoms with E-state index in [1.54, 1.807) is 0 Å². The molecular formula is C11H16ClN. The molecule has 0 amide bonds. The molecular weight excluding hydrogens is 182 g/mol. The van der Waals surface area contributed by atoms with Crippen LogP contribution in [-0.4, -0.2) is 0 Å². The summed E-state index contributed by atoms with van der Waals surface area (Å²) in [5, 5.41) is 0.778. The van der Waals surface area contributed by atoms with Crippen molar-refractivity contribution in [2.24, 2.45) is 5.73 Å². The van der Waals surface area contributed by atoms with Crippen LogP contribution in [0.3, 0.4) is 0 Å². The first kappa shape index (κ1) is 10.6. The first-order valence-corrected chi connectivity index (χ1v) is 5.13. The Bertz CT molecular complexity index is 271. The number of unbranched alkanes of at least 4 members (excludes halogenated alkanes) is 1. The van der Waals surface area contributed by atoms with E-state index in [9.17, 15) is 0 Å². The molecule has 0 bridgehead atoms. The van der Waals surface area contributed by atoms with Crippen LogP contribution in [0, 0.1) is 0 Å². The summed E-state index contributed by atoms with van der Waals surface area (Å²) in [5.41, 5.74) is 8.16. The Balaban J connectivity index is 2.79. The van der Waals surface area contributed by atoms with Crippen LogP contribution in [0.15, 0.2) is 18.2 Å². The summed E-state index contributed by atoms with van der Waals surface area (Å²) in [6.45, 7) is 2.78. The average molecular weight is 198 g/mol. The Hall–Kier alpha value is -0.530. The third-order valence-electron chi connectivity index (χ3n) is 2.19. The first-order valence-electron chi connectivity index (χ1n) is 4.75. The van der Waals surface area contributed by atoms with Crippen LogP contribution in [0.25, 0.3) is 0 Å². The number of hydrogen-bond donors (Lipinski definition) is 1. The van der Waals surface area contributed by atoms with E-state index < -0.39 is 0 Å². The minimum Gasteiger partial charge on any atom is -0.326 e. The Morgan fingerprint density at radius 2 is 2.08 bits per heavy atom. The van der Waals surface area contributed by atoms with Crippen LogP contribution >= 0.6 is 11.6 Å². The molecule has 1 aromatic carbocycles. The van der Waals surface area contributed by atoms with Gasteiger partial charge in [-0.05, 0) is 36.1 Å². The van der Waals surface area contributed by atoms with Gasteiger partial charge in [-0.15, -0.1) is 0 Å². The molecule has 13 heavy (non-hydrogen) atoms. The van der Waals surface area contributed by atoms with E-state index in [1.807, 2.05) is 12.1 Å². The van der Waals surface area contributed by atoms with Crippen molar-refractivity contribution in [3.8, 4) is 0 Å². The second-order valence-electron chi connectivity index (χ2n) is 3.22. The fraction of sp³-hybridized carbons (Fsp3) is 0.455. The number of halogens is 1. The van der Waals surface area contributed by atoms with Crippen molar-refractivity contribution in [3.05, 3.63) is 34.3 Å². The van der Waals surface area contributed by atoms with Crippen molar-refractivity contribution in [1.29, 1.82) is 0 Å². The van der Waals surface area contributed by atoms with Crippen molar-refractivity contribution >= 4 is 11.6 Å². The Kier molecular flexibility index (Phi) is 4.26. The van der Waals surface area contributed by atoms with E-state index >= 15 is 0 Å². The van der Waals surface area contributed by atoms with E-state index in [0.29, 0.717) is 6.54 Å². The maximum Gasteiger partial charge on any atom is 0.0409 e. The van der Waals surface area contributed by atoms with Crippen LogP contribution in [0.5, 0.6) is 0 Å². The molecule has 0 saturated heterocycles. The van der Waals surface area contributed by atoms with Crippen molar-refractivity contribution < 1.29 is 0 Å². The highest BCUT2D eigenvalue weighted by molar-refractivity contribution is 6.30. The number of hydrogen-bond acceptors (Lipinski definition) is 1. The Morgan fingerprint density at radius 1 is 1.31 bits per heavy atom. The van der Waals surface area contributed by atoms with Gasteiger partial charge in [-0.1, -0.05) is 31.0 Å². The van der Waals surface area contributed by atoms with Gasteiger partial charge in [0, 0.05) is 11.6 Å². The lowest BCUT2D eigenvalue weighted by Gasteiger charge is -2.07. The Morgan fingerprint density at radius 3 is 2.69 bits per heavy atom. The molecule has 0 aromatic heterocycles. The standard InChI is InChI=1S/C11H16ClN/c1-2-3-4-9-5-6-11(12)7-10(9)8-13/h5-7H,2-4,8,13H2,1H3. The third-order valence-corrected chi connectivity index (χ3v) is 2.42. The van der Waals surface area contributed by atoms with Crippen molar-refractivity contribution in [1.82, 2.24) is 0 Å². The molecule has 0 atom stereocenters. The molecule has 0 radical (unpaired) electrons. The van der Waals surface area contributed by atoms with E-state index in [0.717, 1.165) is 11.4 Å². The molecule has 1 aromatic rings. The van der Waals surface area contributed by atoms with Gasteiger partial charge in [-0.3, -0.25) is 0 Å². The SMILES string of the molecule is CCCCc1ccc(Cl)cc1CN. The highest BCUT2D eigenvalue weighted by Crippen LogP contribution is 2.17. The minimum absolute atomic E-state index is 0.583. The lowest BCUT2D eigenvalue weighted by Crippen LogP contribution is -2.01. The van der Waals surface area contributed by atoms with Crippen LogP contribution in [-0.2, 0) is 13.0 Å². The van der Waals surface area contributed by atoms with Crippen LogP contribution in [0.1, 0.15) is 30.9 Å². The predicted octanol–water partition coefficient (Wildman–Crippen LogP) is 3.14. The number of nitrogens with two attached hydrogens (primary N) is 1. The fourth-order valence-corrected chi connectivity index (χ4v) is 1.59. The van der Waals surface area contributed by atoms with Crippen LogP contribution < -0.4 is 5.73 Å². The van der Waals surface area contributed by atoms with Gasteiger partial charge in [0.1, 0.15) is 0 Å². The normalized spacial score (nSPS) is 10.4. The maximum absolute atomic E-state index is 5.87. The van der Waals surface area contributed by atoms with E-state index in [-0.39, 0.29) is 0 Å². The van der Waals surface area contributed by atoms with Crippen LogP contribution in [0.4, 0.5) is 0 Å². The van der Waals surface area contributed by atoms with Crippen LogP contribution in [0.2, 0.25) is 5.02 Å². The molecule has 0 unspecified atom stereocenters. The molecule has 1 rings (SSSR count). The van der Waals surface area contributed by atoms with Gasteiger partial charge in [-0.25, -0.2) is 0 Å². The maximum atomic E-state index is 5.87. The first-order chi connectivity index (χ1) is 6.27. The summed E-state index contributed by atoms with van der Waals surface area (Å²) in [4.78, 5) is 0. The van der Waals surface area contributed by atoms with Gasteiger partial charge in [0.25, 0.3) is 0 Å². The van der Waals surface area contributed by atoms with Gasteiger partial charge in [0.2, 0.25) is 0 Å². The van der Waals surface area contributed by atoms with Gasteiger partial charge >= 0.3 is 0 Å². The molecule has 0 aliphatic carbocycles. The highest BCUT2D eigenvalue weighted by Gasteiger charge is 2.00. The predicted molar refractivity (Wildman–Crippen MR) is 58.0 cm³/mol. The lowest BCUT2D eigenvalue weighted by molar-refractivity contribution is 0.786. The molecule has 72 valence electrons. The summed E-state index contributed by atoms with van der Waals surface area (Å²) in [7, 11) is 0. The van der Waals surface area contributed by atoms with Gasteiger partial charge in [0.05, 0.1) is 0 Å². The molecule has 0 heterocycles. The van der Waals surface area contributed by atoms with Gasteiger partial charge < -0.3 is 5.73 Å². The summed E-state index contributed by atoms with van der Waals surface area (Å²) in [5.74, 6) is 0. The molecule has 1 nitrogen and oxygen atoms in total. The van der Waals surface area contributed by atoms with Gasteiger partial charge in [-0.2, -0.15) is 0 Å². The van der Waals surface area contributed by atoms with Crippen molar-refractivity contribution in [2.45, 2.75) is 32.7 Å². The number of benzene rings is 1. The highest BCUT2D eigenvalue weighted by atomic mass is 35.5. The average Bonchev–Trinajstić information content (AvgIpc) is 2.16. The summed E-state index contributed by atoms with van der Waals surface area (Å²) >= 11 is 5.87. The molecule has 2 heteroatoms. The summed E-state index contributed by atoms with van der Waals surface area (Å²) in [6, 6.07) is 5.98. The smallest absolute Gasteiger partial charge is 0.0409 e. The topological polar surface area (TPSA) is 26.0 Å². The summed E-state index contributed by atoms with van der Waals surface area (Å²) in [6.07, 6.45) is 3.54. The monoisotopic (exact) mass is 197 g/mol. The zero-order chi connectivity index (χ0) is 9.68. The van der Waals surface area contributed by atoms with Crippen molar-refractivity contribution in [2.75, 3.05) is 0 Å². The molecule has 0 aliphatic rings. The number of aryl methyl sites for hydroxylation is 1. The zero-order valence-corrected chi connectivity index (χ0v) is 8.77. The molecule has 2 N–H and O–H groups in total. The summed E-state index contributed by atoms with van der Waals surface area (Å²) < 4.78 is 0. The second-order valence-corrected chi connectivity index (χ2v) is 3.66. The van der Waals surface area contributed by atoms with E-state index in [4.69, 9.17) is 17.3 Å². The van der Waals surface area contributed by atoms with E-state index in [2.05, 4.69) is 13.0 Å². The quantitative estimate of drug-likeness (QED) is 0.789. The van der Waals surface area contributed by atoms with Crippen molar-refractivity contribution in [3.63, 3.8) is 0 Å². The Labute approximate surface area is 84.9 Å².